The predicted octanol–water partition coefficient (Wildman–Crippen LogP) is 0.0966. The molecule has 0 spiro atoms. The van der Waals surface area contributed by atoms with Gasteiger partial charge in [-0.05, 0) is 26.2 Å². The fraction of sp³-hybridized carbons (Fsp3) is 1.00. The largest absolute Gasteiger partial charge is 0.389 e. The van der Waals surface area contributed by atoms with Gasteiger partial charge >= 0.3 is 0 Å². The maximum atomic E-state index is 11.3. The fourth-order valence-electron chi connectivity index (χ4n) is 1.38. The van der Waals surface area contributed by atoms with Crippen molar-refractivity contribution in [1.82, 2.24) is 4.72 Å². The fourth-order valence-corrected chi connectivity index (χ4v) is 3.47. The summed E-state index contributed by atoms with van der Waals surface area (Å²) in [6, 6.07) is 0. The Morgan fingerprint density at radius 1 is 1.62 bits per heavy atom. The van der Waals surface area contributed by atoms with Gasteiger partial charge in [-0.2, -0.15) is 12.6 Å². The van der Waals surface area contributed by atoms with Crippen molar-refractivity contribution >= 4 is 22.7 Å². The quantitative estimate of drug-likeness (QED) is 0.469. The van der Waals surface area contributed by atoms with Crippen LogP contribution in [0.15, 0.2) is 0 Å². The molecule has 1 aliphatic carbocycles. The summed E-state index contributed by atoms with van der Waals surface area (Å²) in [7, 11) is -3.38. The van der Waals surface area contributed by atoms with Crippen molar-refractivity contribution in [3.8, 4) is 0 Å². The zero-order chi connectivity index (χ0) is 10.1. The first kappa shape index (κ1) is 11.3. The maximum absolute atomic E-state index is 11.3. The molecule has 0 radical (unpaired) electrons. The summed E-state index contributed by atoms with van der Waals surface area (Å²) < 4.78 is 25.0. The Morgan fingerprint density at radius 2 is 2.15 bits per heavy atom. The SMILES string of the molecule is CC(S)NS(=O)(=O)CC1(O)CCC1. The van der Waals surface area contributed by atoms with E-state index in [1.807, 2.05) is 0 Å². The summed E-state index contributed by atoms with van der Waals surface area (Å²) in [4.78, 5) is 0. The van der Waals surface area contributed by atoms with Crippen LogP contribution in [-0.2, 0) is 10.0 Å². The molecule has 13 heavy (non-hydrogen) atoms. The predicted molar refractivity (Wildman–Crippen MR) is 54.2 cm³/mol. The van der Waals surface area contributed by atoms with Crippen LogP contribution in [0.25, 0.3) is 0 Å². The highest BCUT2D eigenvalue weighted by atomic mass is 32.2. The molecule has 2 N–H and O–H groups in total. The van der Waals surface area contributed by atoms with Crippen LogP contribution in [0.1, 0.15) is 26.2 Å². The monoisotopic (exact) mass is 225 g/mol. The van der Waals surface area contributed by atoms with Crippen LogP contribution in [-0.4, -0.2) is 30.3 Å². The van der Waals surface area contributed by atoms with Crippen molar-refractivity contribution in [2.24, 2.45) is 0 Å². The molecular formula is C7H15NO3S2. The average molecular weight is 225 g/mol. The van der Waals surface area contributed by atoms with Crippen LogP contribution in [0.3, 0.4) is 0 Å². The minimum Gasteiger partial charge on any atom is -0.389 e. The van der Waals surface area contributed by atoms with E-state index in [4.69, 9.17) is 0 Å². The topological polar surface area (TPSA) is 66.4 Å². The van der Waals surface area contributed by atoms with Gasteiger partial charge in [0.15, 0.2) is 0 Å². The van der Waals surface area contributed by atoms with Gasteiger partial charge in [0.05, 0.1) is 16.7 Å². The van der Waals surface area contributed by atoms with E-state index in [-0.39, 0.29) is 5.75 Å². The minimum absolute atomic E-state index is 0.203. The molecule has 1 saturated carbocycles. The van der Waals surface area contributed by atoms with E-state index in [0.717, 1.165) is 6.42 Å². The van der Waals surface area contributed by atoms with Crippen molar-refractivity contribution in [3.05, 3.63) is 0 Å². The molecule has 0 heterocycles. The number of thiol groups is 1. The molecule has 0 saturated heterocycles. The summed E-state index contributed by atoms with van der Waals surface area (Å²) in [5.74, 6) is -0.203. The number of hydrogen-bond acceptors (Lipinski definition) is 4. The van der Waals surface area contributed by atoms with E-state index in [0.29, 0.717) is 12.8 Å². The summed E-state index contributed by atoms with van der Waals surface area (Å²) in [5, 5.41) is 9.21. The van der Waals surface area contributed by atoms with E-state index in [2.05, 4.69) is 17.4 Å². The molecule has 0 bridgehead atoms. The molecule has 0 aromatic heterocycles. The summed E-state index contributed by atoms with van der Waals surface area (Å²) >= 11 is 3.92. The summed E-state index contributed by atoms with van der Waals surface area (Å²) in [6.07, 6.45) is 2.06. The second-order valence-corrected chi connectivity index (χ2v) is 6.16. The molecule has 4 nitrogen and oxygen atoms in total. The number of sulfonamides is 1. The van der Waals surface area contributed by atoms with Crippen LogP contribution in [0, 0.1) is 0 Å². The molecule has 0 aliphatic heterocycles. The Kier molecular flexibility index (Phi) is 3.27. The van der Waals surface area contributed by atoms with Gasteiger partial charge in [0.1, 0.15) is 0 Å². The van der Waals surface area contributed by atoms with Gasteiger partial charge in [0, 0.05) is 0 Å². The van der Waals surface area contributed by atoms with Gasteiger partial charge in [-0.15, -0.1) is 0 Å². The molecule has 1 fully saturated rings. The van der Waals surface area contributed by atoms with Gasteiger partial charge in [-0.3, -0.25) is 0 Å². The third kappa shape index (κ3) is 3.46. The Hall–Kier alpha value is 0.220. The molecule has 1 atom stereocenters. The maximum Gasteiger partial charge on any atom is 0.215 e. The highest BCUT2D eigenvalue weighted by Gasteiger charge is 2.38. The zero-order valence-electron chi connectivity index (χ0n) is 7.52. The summed E-state index contributed by atoms with van der Waals surface area (Å²) in [6.45, 7) is 1.63. The highest BCUT2D eigenvalue weighted by Crippen LogP contribution is 2.32. The van der Waals surface area contributed by atoms with Crippen molar-refractivity contribution in [2.45, 2.75) is 37.2 Å². The zero-order valence-corrected chi connectivity index (χ0v) is 9.24. The third-order valence-electron chi connectivity index (χ3n) is 2.09. The van der Waals surface area contributed by atoms with E-state index < -0.39 is 21.0 Å². The molecule has 0 aromatic rings. The lowest BCUT2D eigenvalue weighted by molar-refractivity contribution is -0.0115. The van der Waals surface area contributed by atoms with Gasteiger partial charge in [0.2, 0.25) is 10.0 Å². The lowest BCUT2D eigenvalue weighted by Gasteiger charge is -2.36. The number of aliphatic hydroxyl groups is 1. The van der Waals surface area contributed by atoms with Gasteiger partial charge in [0.25, 0.3) is 0 Å². The second kappa shape index (κ2) is 3.76. The van der Waals surface area contributed by atoms with E-state index in [9.17, 15) is 13.5 Å². The van der Waals surface area contributed by atoms with E-state index in [1.165, 1.54) is 0 Å². The standard InChI is InChI=1S/C7H15NO3S2/c1-6(12)8-13(10,11)5-7(9)3-2-4-7/h6,8-9,12H,2-5H2,1H3. The molecule has 1 rings (SSSR count). The van der Waals surface area contributed by atoms with Crippen molar-refractivity contribution in [2.75, 3.05) is 5.75 Å². The van der Waals surface area contributed by atoms with Crippen molar-refractivity contribution < 1.29 is 13.5 Å². The smallest absolute Gasteiger partial charge is 0.215 e. The van der Waals surface area contributed by atoms with Crippen molar-refractivity contribution in [1.29, 1.82) is 0 Å². The Morgan fingerprint density at radius 3 is 2.46 bits per heavy atom. The molecular weight excluding hydrogens is 210 g/mol. The Bertz CT molecular complexity index is 269. The van der Waals surface area contributed by atoms with E-state index in [1.54, 1.807) is 6.92 Å². The second-order valence-electron chi connectivity index (χ2n) is 3.63. The van der Waals surface area contributed by atoms with Crippen molar-refractivity contribution in [3.63, 3.8) is 0 Å². The first-order valence-corrected chi connectivity index (χ1v) is 6.40. The lowest BCUT2D eigenvalue weighted by atomic mass is 9.82. The van der Waals surface area contributed by atoms with Gasteiger partial charge in [-0.1, -0.05) is 0 Å². The molecule has 6 heteroatoms. The van der Waals surface area contributed by atoms with E-state index >= 15 is 0 Å². The lowest BCUT2D eigenvalue weighted by Crippen LogP contribution is -2.47. The van der Waals surface area contributed by atoms with Crippen LogP contribution >= 0.6 is 12.6 Å². The van der Waals surface area contributed by atoms with Crippen LogP contribution < -0.4 is 4.72 Å². The van der Waals surface area contributed by atoms with Gasteiger partial charge in [-0.25, -0.2) is 13.1 Å². The normalized spacial score (nSPS) is 23.6. The third-order valence-corrected chi connectivity index (χ3v) is 4.03. The number of rotatable bonds is 4. The van der Waals surface area contributed by atoms with Gasteiger partial charge < -0.3 is 5.11 Å². The first-order chi connectivity index (χ1) is 5.83. The number of hydrogen-bond donors (Lipinski definition) is 3. The first-order valence-electron chi connectivity index (χ1n) is 4.23. The Balaban J connectivity index is 2.51. The molecule has 78 valence electrons. The molecule has 0 amide bonds. The Labute approximate surface area is 84.2 Å². The summed E-state index contributed by atoms with van der Waals surface area (Å²) in [5.41, 5.74) is -0.992. The van der Waals surface area contributed by atoms with Crippen LogP contribution in [0.4, 0.5) is 0 Å². The van der Waals surface area contributed by atoms with Crippen LogP contribution in [0.2, 0.25) is 0 Å². The minimum atomic E-state index is -3.38. The molecule has 0 aromatic carbocycles. The highest BCUT2D eigenvalue weighted by molar-refractivity contribution is 7.90. The molecule has 1 unspecified atom stereocenters. The number of nitrogens with one attached hydrogen (secondary N) is 1. The average Bonchev–Trinajstić information content (AvgIpc) is 1.79. The molecule has 1 aliphatic rings. The van der Waals surface area contributed by atoms with Crippen LogP contribution in [0.5, 0.6) is 0 Å².